The summed E-state index contributed by atoms with van der Waals surface area (Å²) < 4.78 is 77.8. The van der Waals surface area contributed by atoms with Gasteiger partial charge in [-0.15, -0.1) is 0 Å². The van der Waals surface area contributed by atoms with Gasteiger partial charge in [0.25, 0.3) is 0 Å². The number of hydrogen-bond acceptors (Lipinski definition) is 8. The standard InChI is InChI=1S/C15H17F3N4O5S/c1-25-6-7-28(23,24)22-5-4-11(9-22)26-12-3-2-10(8-19-12)13-20-14(27-21-13)15(16,17)18/h2-3,8,11H,4-7,9H2,1H3/t11-/m0/s1. The lowest BCUT2D eigenvalue weighted by Gasteiger charge is -2.16. The van der Waals surface area contributed by atoms with Gasteiger partial charge in [-0.3, -0.25) is 0 Å². The normalized spacial score (nSPS) is 18.5. The molecule has 0 radical (unpaired) electrons. The molecule has 1 aliphatic heterocycles. The number of ether oxygens (including phenoxy) is 2. The molecule has 0 aliphatic carbocycles. The van der Waals surface area contributed by atoms with Gasteiger partial charge in [0.2, 0.25) is 21.7 Å². The molecule has 0 aromatic carbocycles. The van der Waals surface area contributed by atoms with Gasteiger partial charge in [0, 0.05) is 31.5 Å². The highest BCUT2D eigenvalue weighted by atomic mass is 32.2. The Labute approximate surface area is 158 Å². The Bertz CT molecular complexity index is 901. The van der Waals surface area contributed by atoms with Crippen LogP contribution in [0.3, 0.4) is 0 Å². The molecular formula is C15H17F3N4O5S. The van der Waals surface area contributed by atoms with Crippen molar-refractivity contribution in [2.45, 2.75) is 18.7 Å². The van der Waals surface area contributed by atoms with E-state index in [2.05, 4.69) is 19.6 Å². The van der Waals surface area contributed by atoms with Crippen molar-refractivity contribution in [2.75, 3.05) is 32.6 Å². The zero-order valence-electron chi connectivity index (χ0n) is 14.7. The van der Waals surface area contributed by atoms with Gasteiger partial charge >= 0.3 is 12.1 Å². The fraction of sp³-hybridized carbons (Fsp3) is 0.533. The van der Waals surface area contributed by atoms with Crippen LogP contribution in [0, 0.1) is 0 Å². The van der Waals surface area contributed by atoms with Gasteiger partial charge in [-0.2, -0.15) is 22.5 Å². The molecule has 0 amide bonds. The molecule has 1 aliphatic rings. The molecule has 2 aromatic heterocycles. The van der Waals surface area contributed by atoms with Crippen molar-refractivity contribution in [1.82, 2.24) is 19.4 Å². The lowest BCUT2D eigenvalue weighted by atomic mass is 10.2. The lowest BCUT2D eigenvalue weighted by Crippen LogP contribution is -2.34. The van der Waals surface area contributed by atoms with Gasteiger partial charge in [-0.05, 0) is 12.5 Å². The third-order valence-electron chi connectivity index (χ3n) is 4.00. The van der Waals surface area contributed by atoms with Gasteiger partial charge in [0.15, 0.2) is 0 Å². The van der Waals surface area contributed by atoms with Crippen LogP contribution in [0.5, 0.6) is 5.88 Å². The Hall–Kier alpha value is -2.25. The first-order valence-electron chi connectivity index (χ1n) is 8.20. The molecule has 0 unspecified atom stereocenters. The summed E-state index contributed by atoms with van der Waals surface area (Å²) >= 11 is 0. The molecule has 0 spiro atoms. The SMILES string of the molecule is COCCS(=O)(=O)N1CC[C@H](Oc2ccc(-c3noc(C(F)(F)F)n3)cn2)C1. The Morgan fingerprint density at radius 3 is 2.75 bits per heavy atom. The first-order valence-corrected chi connectivity index (χ1v) is 9.81. The number of alkyl halides is 3. The second kappa shape index (κ2) is 8.01. The van der Waals surface area contributed by atoms with Crippen LogP contribution >= 0.6 is 0 Å². The van der Waals surface area contributed by atoms with Crippen LogP contribution in [-0.2, 0) is 20.9 Å². The minimum Gasteiger partial charge on any atom is -0.473 e. The predicted octanol–water partition coefficient (Wildman–Crippen LogP) is 1.58. The molecule has 1 saturated heterocycles. The van der Waals surface area contributed by atoms with Crippen molar-refractivity contribution in [3.63, 3.8) is 0 Å². The molecule has 1 atom stereocenters. The van der Waals surface area contributed by atoms with Crippen LogP contribution in [0.1, 0.15) is 12.3 Å². The Morgan fingerprint density at radius 1 is 1.36 bits per heavy atom. The van der Waals surface area contributed by atoms with Crippen LogP contribution in [0.2, 0.25) is 0 Å². The highest BCUT2D eigenvalue weighted by Crippen LogP contribution is 2.29. The number of halogens is 3. The van der Waals surface area contributed by atoms with E-state index in [4.69, 9.17) is 9.47 Å². The smallest absolute Gasteiger partial charge is 0.471 e. The van der Waals surface area contributed by atoms with Gasteiger partial charge in [0.1, 0.15) is 6.10 Å². The van der Waals surface area contributed by atoms with E-state index < -0.39 is 22.1 Å². The van der Waals surface area contributed by atoms with Crippen molar-refractivity contribution >= 4 is 10.0 Å². The first kappa shape index (κ1) is 20.5. The first-order chi connectivity index (χ1) is 13.2. The Morgan fingerprint density at radius 2 is 2.14 bits per heavy atom. The molecule has 3 rings (SSSR count). The number of hydrogen-bond donors (Lipinski definition) is 0. The largest absolute Gasteiger partial charge is 0.473 e. The topological polar surface area (TPSA) is 108 Å². The average molecular weight is 422 g/mol. The quantitative estimate of drug-likeness (QED) is 0.662. The van der Waals surface area contributed by atoms with Crippen LogP contribution in [-0.4, -0.2) is 66.5 Å². The summed E-state index contributed by atoms with van der Waals surface area (Å²) in [5.41, 5.74) is 0.224. The minimum atomic E-state index is -4.72. The van der Waals surface area contributed by atoms with Crippen LogP contribution < -0.4 is 4.74 Å². The summed E-state index contributed by atoms with van der Waals surface area (Å²) in [4.78, 5) is 7.29. The van der Waals surface area contributed by atoms with Crippen LogP contribution in [0.25, 0.3) is 11.4 Å². The third kappa shape index (κ3) is 4.77. The number of methoxy groups -OCH3 is 1. The van der Waals surface area contributed by atoms with Crippen LogP contribution in [0.15, 0.2) is 22.9 Å². The van der Waals surface area contributed by atoms with Crippen molar-refractivity contribution in [1.29, 1.82) is 0 Å². The summed E-state index contributed by atoms with van der Waals surface area (Å²) in [6.45, 7) is 0.632. The van der Waals surface area contributed by atoms with Crippen molar-refractivity contribution in [3.05, 3.63) is 24.2 Å². The van der Waals surface area contributed by atoms with E-state index in [1.54, 1.807) is 0 Å². The van der Waals surface area contributed by atoms with E-state index in [0.717, 1.165) is 0 Å². The summed E-state index contributed by atoms with van der Waals surface area (Å²) in [5.74, 6) is -1.58. The predicted molar refractivity (Wildman–Crippen MR) is 88.8 cm³/mol. The number of nitrogens with zero attached hydrogens (tertiary/aromatic N) is 4. The zero-order chi connectivity index (χ0) is 20.4. The summed E-state index contributed by atoms with van der Waals surface area (Å²) in [6, 6.07) is 2.89. The van der Waals surface area contributed by atoms with Gasteiger partial charge < -0.3 is 14.0 Å². The molecule has 28 heavy (non-hydrogen) atoms. The summed E-state index contributed by atoms with van der Waals surface area (Å²) in [7, 11) is -1.98. The molecule has 13 heteroatoms. The van der Waals surface area contributed by atoms with E-state index in [1.807, 2.05) is 0 Å². The summed E-state index contributed by atoms with van der Waals surface area (Å²) in [5, 5.41) is 3.28. The molecule has 3 heterocycles. The number of aromatic nitrogens is 3. The zero-order valence-corrected chi connectivity index (χ0v) is 15.5. The van der Waals surface area contributed by atoms with Gasteiger partial charge in [-0.1, -0.05) is 5.16 Å². The van der Waals surface area contributed by atoms with E-state index in [9.17, 15) is 21.6 Å². The third-order valence-corrected chi connectivity index (χ3v) is 5.80. The van der Waals surface area contributed by atoms with Crippen LogP contribution in [0.4, 0.5) is 13.2 Å². The maximum Gasteiger partial charge on any atom is 0.471 e. The van der Waals surface area contributed by atoms with E-state index >= 15 is 0 Å². The molecule has 0 bridgehead atoms. The average Bonchev–Trinajstić information content (AvgIpc) is 3.30. The Kier molecular flexibility index (Phi) is 5.86. The number of pyridine rings is 1. The maximum absolute atomic E-state index is 12.5. The molecular weight excluding hydrogens is 405 g/mol. The molecule has 154 valence electrons. The number of rotatable bonds is 7. The maximum atomic E-state index is 12.5. The second-order valence-corrected chi connectivity index (χ2v) is 8.09. The van der Waals surface area contributed by atoms with E-state index in [0.29, 0.717) is 13.0 Å². The second-order valence-electron chi connectivity index (χ2n) is 6.00. The highest BCUT2D eigenvalue weighted by Gasteiger charge is 2.38. The van der Waals surface area contributed by atoms with Gasteiger partial charge in [0.05, 0.1) is 18.9 Å². The fourth-order valence-corrected chi connectivity index (χ4v) is 3.99. The van der Waals surface area contributed by atoms with E-state index in [-0.39, 0.29) is 42.3 Å². The van der Waals surface area contributed by atoms with E-state index in [1.165, 1.54) is 29.7 Å². The Balaban J connectivity index is 1.60. The van der Waals surface area contributed by atoms with Crippen molar-refractivity contribution in [3.8, 4) is 17.3 Å². The summed E-state index contributed by atoms with van der Waals surface area (Å²) in [6.07, 6.45) is -3.35. The monoisotopic (exact) mass is 422 g/mol. The molecule has 1 fully saturated rings. The molecule has 0 N–H and O–H groups in total. The highest BCUT2D eigenvalue weighted by molar-refractivity contribution is 7.89. The molecule has 0 saturated carbocycles. The number of sulfonamides is 1. The van der Waals surface area contributed by atoms with Gasteiger partial charge in [-0.25, -0.2) is 13.4 Å². The van der Waals surface area contributed by atoms with Crippen molar-refractivity contribution in [2.24, 2.45) is 0 Å². The fourth-order valence-electron chi connectivity index (χ4n) is 2.57. The molecule has 2 aromatic rings. The minimum absolute atomic E-state index is 0.103. The molecule has 9 nitrogen and oxygen atoms in total. The lowest BCUT2D eigenvalue weighted by molar-refractivity contribution is -0.159. The van der Waals surface area contributed by atoms with Crippen molar-refractivity contribution < 1.29 is 35.6 Å².